The number of rotatable bonds is 6. The van der Waals surface area contributed by atoms with Gasteiger partial charge >= 0.3 is 0 Å². The summed E-state index contributed by atoms with van der Waals surface area (Å²) in [6.07, 6.45) is 7.96. The number of pyridine rings is 1. The number of nitrogens with zero attached hydrogens (tertiary/aromatic N) is 1. The smallest absolute Gasteiger partial charge is 0.0401 e. The Balaban J connectivity index is 1.94. The lowest BCUT2D eigenvalue weighted by molar-refractivity contribution is 0.836. The Labute approximate surface area is 127 Å². The molecule has 2 heteroatoms. The van der Waals surface area contributed by atoms with E-state index in [0.29, 0.717) is 5.92 Å². The Morgan fingerprint density at radius 3 is 2.43 bits per heavy atom. The molecule has 2 nitrogen and oxygen atoms in total. The van der Waals surface area contributed by atoms with Crippen molar-refractivity contribution in [2.24, 2.45) is 5.92 Å². The van der Waals surface area contributed by atoms with E-state index in [9.17, 15) is 0 Å². The standard InChI is InChI=1S/C19H22N2/c1-15(2)4-5-17-6-8-19(9-7-17)16(3)21-14-18-10-12-20-13-11-18/h4-13,15,21H,3,14H2,1-2H3/b5-4+. The van der Waals surface area contributed by atoms with Gasteiger partial charge in [0.1, 0.15) is 0 Å². The first-order chi connectivity index (χ1) is 10.1. The topological polar surface area (TPSA) is 24.9 Å². The Bertz CT molecular complexity index is 595. The molecule has 0 amide bonds. The molecule has 0 saturated heterocycles. The zero-order valence-electron chi connectivity index (χ0n) is 12.7. The molecular weight excluding hydrogens is 256 g/mol. The highest BCUT2D eigenvalue weighted by Gasteiger charge is 1.99. The van der Waals surface area contributed by atoms with E-state index in [4.69, 9.17) is 0 Å². The highest BCUT2D eigenvalue weighted by atomic mass is 14.9. The van der Waals surface area contributed by atoms with Crippen molar-refractivity contribution < 1.29 is 0 Å². The molecule has 2 rings (SSSR count). The van der Waals surface area contributed by atoms with Gasteiger partial charge in [-0.25, -0.2) is 0 Å². The third-order valence-electron chi connectivity index (χ3n) is 3.19. The summed E-state index contributed by atoms with van der Waals surface area (Å²) in [5.74, 6) is 0.571. The maximum atomic E-state index is 4.10. The second-order valence-electron chi connectivity index (χ2n) is 5.41. The minimum Gasteiger partial charge on any atom is -0.381 e. The first kappa shape index (κ1) is 15.0. The molecule has 1 N–H and O–H groups in total. The Hall–Kier alpha value is -2.35. The summed E-state index contributed by atoms with van der Waals surface area (Å²) in [5, 5.41) is 3.34. The molecule has 1 aromatic carbocycles. The molecule has 0 atom stereocenters. The van der Waals surface area contributed by atoms with Crippen molar-refractivity contribution in [1.29, 1.82) is 0 Å². The molecule has 21 heavy (non-hydrogen) atoms. The van der Waals surface area contributed by atoms with Gasteiger partial charge in [-0.3, -0.25) is 4.98 Å². The van der Waals surface area contributed by atoms with Gasteiger partial charge in [0, 0.05) is 24.6 Å². The van der Waals surface area contributed by atoms with Gasteiger partial charge in [0.25, 0.3) is 0 Å². The van der Waals surface area contributed by atoms with Crippen LogP contribution in [0.3, 0.4) is 0 Å². The van der Waals surface area contributed by atoms with E-state index in [2.05, 4.69) is 67.1 Å². The predicted octanol–water partition coefficient (Wildman–Crippen LogP) is 4.51. The molecule has 0 bridgehead atoms. The molecule has 0 aliphatic rings. The van der Waals surface area contributed by atoms with Crippen LogP contribution in [0.2, 0.25) is 0 Å². The fourth-order valence-electron chi connectivity index (χ4n) is 1.91. The van der Waals surface area contributed by atoms with E-state index < -0.39 is 0 Å². The lowest BCUT2D eigenvalue weighted by atomic mass is 10.1. The lowest BCUT2D eigenvalue weighted by Gasteiger charge is -2.10. The van der Waals surface area contributed by atoms with Gasteiger partial charge in [-0.15, -0.1) is 0 Å². The molecule has 0 aliphatic carbocycles. The van der Waals surface area contributed by atoms with Crippen LogP contribution >= 0.6 is 0 Å². The summed E-state index contributed by atoms with van der Waals surface area (Å²) in [7, 11) is 0. The SMILES string of the molecule is C=C(NCc1ccncc1)c1ccc(/C=C/C(C)C)cc1. The molecule has 0 radical (unpaired) electrons. The molecule has 108 valence electrons. The van der Waals surface area contributed by atoms with Crippen LogP contribution in [0.5, 0.6) is 0 Å². The maximum absolute atomic E-state index is 4.10. The Kier molecular flexibility index (Phi) is 5.33. The molecule has 1 heterocycles. The lowest BCUT2D eigenvalue weighted by Crippen LogP contribution is -2.10. The van der Waals surface area contributed by atoms with Crippen LogP contribution in [0.4, 0.5) is 0 Å². The van der Waals surface area contributed by atoms with Crippen LogP contribution in [0.15, 0.2) is 61.4 Å². The average molecular weight is 278 g/mol. The summed E-state index contributed by atoms with van der Waals surface area (Å²) < 4.78 is 0. The molecule has 0 unspecified atom stereocenters. The predicted molar refractivity (Wildman–Crippen MR) is 90.4 cm³/mol. The van der Waals surface area contributed by atoms with Crippen molar-refractivity contribution in [1.82, 2.24) is 10.3 Å². The Morgan fingerprint density at radius 2 is 1.81 bits per heavy atom. The van der Waals surface area contributed by atoms with Gasteiger partial charge in [0.2, 0.25) is 0 Å². The zero-order valence-corrected chi connectivity index (χ0v) is 12.7. The van der Waals surface area contributed by atoms with Crippen LogP contribution < -0.4 is 5.32 Å². The molecule has 0 aliphatic heterocycles. The normalized spacial score (nSPS) is 11.0. The van der Waals surface area contributed by atoms with Crippen LogP contribution in [0, 0.1) is 5.92 Å². The number of allylic oxidation sites excluding steroid dienone is 1. The van der Waals surface area contributed by atoms with Gasteiger partial charge in [-0.05, 0) is 34.7 Å². The molecule has 0 fully saturated rings. The number of nitrogens with one attached hydrogen (secondary N) is 1. The molecule has 2 aromatic rings. The first-order valence-electron chi connectivity index (χ1n) is 7.25. The summed E-state index contributed by atoms with van der Waals surface area (Å²) in [4.78, 5) is 4.01. The minimum atomic E-state index is 0.571. The summed E-state index contributed by atoms with van der Waals surface area (Å²) in [5.41, 5.74) is 4.47. The summed E-state index contributed by atoms with van der Waals surface area (Å²) >= 11 is 0. The Morgan fingerprint density at radius 1 is 1.14 bits per heavy atom. The number of aromatic nitrogens is 1. The quantitative estimate of drug-likeness (QED) is 0.841. The second-order valence-corrected chi connectivity index (χ2v) is 5.41. The minimum absolute atomic E-state index is 0.571. The number of benzene rings is 1. The summed E-state index contributed by atoms with van der Waals surface area (Å²) in [6.45, 7) is 9.21. The molecular formula is C19H22N2. The average Bonchev–Trinajstić information content (AvgIpc) is 2.52. The highest BCUT2D eigenvalue weighted by molar-refractivity contribution is 5.63. The van der Waals surface area contributed by atoms with E-state index in [1.807, 2.05) is 12.1 Å². The molecule has 0 saturated carbocycles. The van der Waals surface area contributed by atoms with E-state index in [-0.39, 0.29) is 0 Å². The van der Waals surface area contributed by atoms with Crippen molar-refractivity contribution in [3.05, 3.63) is 78.1 Å². The van der Waals surface area contributed by atoms with E-state index in [0.717, 1.165) is 17.8 Å². The van der Waals surface area contributed by atoms with Crippen LogP contribution in [0.1, 0.15) is 30.5 Å². The zero-order chi connectivity index (χ0) is 15.1. The second kappa shape index (κ2) is 7.44. The maximum Gasteiger partial charge on any atom is 0.0401 e. The van der Waals surface area contributed by atoms with Crippen LogP contribution in [-0.4, -0.2) is 4.98 Å². The first-order valence-corrected chi connectivity index (χ1v) is 7.25. The fourth-order valence-corrected chi connectivity index (χ4v) is 1.91. The monoisotopic (exact) mass is 278 g/mol. The molecule has 0 spiro atoms. The van der Waals surface area contributed by atoms with E-state index in [1.165, 1.54) is 11.1 Å². The van der Waals surface area contributed by atoms with Gasteiger partial charge in [0.05, 0.1) is 0 Å². The van der Waals surface area contributed by atoms with Crippen molar-refractivity contribution in [3.8, 4) is 0 Å². The highest BCUT2D eigenvalue weighted by Crippen LogP contribution is 2.13. The fraction of sp³-hybridized carbons (Fsp3) is 0.211. The van der Waals surface area contributed by atoms with Gasteiger partial charge in [0.15, 0.2) is 0 Å². The van der Waals surface area contributed by atoms with Crippen molar-refractivity contribution in [2.75, 3.05) is 0 Å². The molecule has 1 aromatic heterocycles. The van der Waals surface area contributed by atoms with Gasteiger partial charge < -0.3 is 5.32 Å². The van der Waals surface area contributed by atoms with Crippen molar-refractivity contribution in [2.45, 2.75) is 20.4 Å². The van der Waals surface area contributed by atoms with Gasteiger partial charge in [-0.1, -0.05) is 56.8 Å². The summed E-state index contributed by atoms with van der Waals surface area (Å²) in [6, 6.07) is 12.4. The third kappa shape index (κ3) is 4.92. The van der Waals surface area contributed by atoms with Crippen LogP contribution in [-0.2, 0) is 6.54 Å². The number of hydrogen-bond donors (Lipinski definition) is 1. The van der Waals surface area contributed by atoms with E-state index >= 15 is 0 Å². The van der Waals surface area contributed by atoms with Crippen molar-refractivity contribution >= 4 is 11.8 Å². The third-order valence-corrected chi connectivity index (χ3v) is 3.19. The van der Waals surface area contributed by atoms with Crippen molar-refractivity contribution in [3.63, 3.8) is 0 Å². The van der Waals surface area contributed by atoms with Gasteiger partial charge in [-0.2, -0.15) is 0 Å². The van der Waals surface area contributed by atoms with E-state index in [1.54, 1.807) is 12.4 Å². The number of hydrogen-bond acceptors (Lipinski definition) is 2. The van der Waals surface area contributed by atoms with Crippen LogP contribution in [0.25, 0.3) is 11.8 Å². The largest absolute Gasteiger partial charge is 0.381 e.